The molecule has 108 valence electrons. The van der Waals surface area contributed by atoms with Crippen LogP contribution in [-0.2, 0) is 0 Å². The van der Waals surface area contributed by atoms with Gasteiger partial charge >= 0.3 is 0 Å². The van der Waals surface area contributed by atoms with Gasteiger partial charge in [-0.2, -0.15) is 0 Å². The van der Waals surface area contributed by atoms with Crippen molar-refractivity contribution < 1.29 is 5.11 Å². The molecule has 1 unspecified atom stereocenters. The Morgan fingerprint density at radius 1 is 1.24 bits per heavy atom. The van der Waals surface area contributed by atoms with Crippen LogP contribution in [0.15, 0.2) is 36.4 Å². The first-order valence-corrected chi connectivity index (χ1v) is 7.07. The number of aromatic nitrogens is 2. The smallest absolute Gasteiger partial charge is 0.143 e. The third kappa shape index (κ3) is 2.37. The Labute approximate surface area is 127 Å². The third-order valence-electron chi connectivity index (χ3n) is 3.42. The largest absolute Gasteiger partial charge is 0.399 e. The summed E-state index contributed by atoms with van der Waals surface area (Å²) < 4.78 is 1.88. The Morgan fingerprint density at radius 2 is 2.00 bits per heavy atom. The van der Waals surface area contributed by atoms with Gasteiger partial charge in [-0.1, -0.05) is 17.7 Å². The normalized spacial score (nSPS) is 12.8. The Kier molecular flexibility index (Phi) is 3.35. The molecule has 0 aliphatic heterocycles. The maximum atomic E-state index is 10.0. The van der Waals surface area contributed by atoms with Crippen molar-refractivity contribution in [2.45, 2.75) is 20.0 Å². The van der Waals surface area contributed by atoms with Crippen LogP contribution in [0.25, 0.3) is 16.7 Å². The van der Waals surface area contributed by atoms with E-state index in [9.17, 15) is 5.11 Å². The highest BCUT2D eigenvalue weighted by molar-refractivity contribution is 6.32. The zero-order chi connectivity index (χ0) is 15.1. The number of nitrogens with two attached hydrogens (primary N) is 1. The van der Waals surface area contributed by atoms with E-state index in [-0.39, 0.29) is 0 Å². The number of aliphatic hydroxyl groups excluding tert-OH is 1. The van der Waals surface area contributed by atoms with Crippen molar-refractivity contribution in [3.8, 4) is 5.69 Å². The second-order valence-corrected chi connectivity index (χ2v) is 5.59. The molecule has 3 aromatic rings. The Balaban J connectivity index is 2.39. The second-order valence-electron chi connectivity index (χ2n) is 5.18. The summed E-state index contributed by atoms with van der Waals surface area (Å²) in [6.45, 7) is 3.68. The van der Waals surface area contributed by atoms with Crippen molar-refractivity contribution in [2.24, 2.45) is 0 Å². The summed E-state index contributed by atoms with van der Waals surface area (Å²) in [5.74, 6) is 0.545. The van der Waals surface area contributed by atoms with Crippen molar-refractivity contribution in [2.75, 3.05) is 5.73 Å². The van der Waals surface area contributed by atoms with Crippen LogP contribution in [0.1, 0.15) is 24.4 Å². The number of nitrogen functional groups attached to an aromatic ring is 1. The predicted molar refractivity (Wildman–Crippen MR) is 85.9 cm³/mol. The van der Waals surface area contributed by atoms with Gasteiger partial charge in [-0.05, 0) is 49.7 Å². The molecule has 3 rings (SSSR count). The van der Waals surface area contributed by atoms with Gasteiger partial charge in [0.1, 0.15) is 11.9 Å². The van der Waals surface area contributed by atoms with Crippen LogP contribution in [0.2, 0.25) is 5.02 Å². The number of rotatable bonds is 2. The van der Waals surface area contributed by atoms with Crippen molar-refractivity contribution >= 4 is 28.3 Å². The molecule has 2 aromatic carbocycles. The summed E-state index contributed by atoms with van der Waals surface area (Å²) in [6.07, 6.45) is -0.713. The lowest BCUT2D eigenvalue weighted by atomic mass is 10.2. The maximum Gasteiger partial charge on any atom is 0.143 e. The molecule has 5 heteroatoms. The monoisotopic (exact) mass is 301 g/mol. The zero-order valence-corrected chi connectivity index (χ0v) is 12.6. The van der Waals surface area contributed by atoms with Crippen molar-refractivity contribution in [1.82, 2.24) is 9.55 Å². The van der Waals surface area contributed by atoms with E-state index in [0.717, 1.165) is 22.3 Å². The first-order chi connectivity index (χ1) is 9.97. The topological polar surface area (TPSA) is 64.1 Å². The van der Waals surface area contributed by atoms with Gasteiger partial charge in [0.25, 0.3) is 0 Å². The van der Waals surface area contributed by atoms with Crippen LogP contribution in [0.3, 0.4) is 0 Å². The summed E-state index contributed by atoms with van der Waals surface area (Å²) in [6, 6.07) is 11.3. The van der Waals surface area contributed by atoms with E-state index in [1.54, 1.807) is 13.0 Å². The molecule has 1 atom stereocenters. The van der Waals surface area contributed by atoms with Gasteiger partial charge in [-0.15, -0.1) is 0 Å². The molecule has 0 fully saturated rings. The van der Waals surface area contributed by atoms with Crippen molar-refractivity contribution in [1.29, 1.82) is 0 Å². The summed E-state index contributed by atoms with van der Waals surface area (Å²) in [4.78, 5) is 4.49. The number of fused-ring (bicyclic) bond motifs is 1. The Bertz CT molecular complexity index is 824. The number of hydrogen-bond acceptors (Lipinski definition) is 3. The number of anilines is 1. The quantitative estimate of drug-likeness (QED) is 0.711. The second kappa shape index (κ2) is 5.06. The van der Waals surface area contributed by atoms with Gasteiger partial charge in [-0.3, -0.25) is 4.57 Å². The minimum Gasteiger partial charge on any atom is -0.399 e. The van der Waals surface area contributed by atoms with E-state index >= 15 is 0 Å². The first-order valence-electron chi connectivity index (χ1n) is 6.70. The van der Waals surface area contributed by atoms with Crippen molar-refractivity contribution in [3.05, 3.63) is 52.8 Å². The van der Waals surface area contributed by atoms with Crippen LogP contribution in [0, 0.1) is 6.92 Å². The number of halogens is 1. The first kappa shape index (κ1) is 13.9. The Morgan fingerprint density at radius 3 is 2.71 bits per heavy atom. The van der Waals surface area contributed by atoms with E-state index in [4.69, 9.17) is 17.3 Å². The number of imidazole rings is 1. The maximum absolute atomic E-state index is 10.0. The average molecular weight is 302 g/mol. The van der Waals surface area contributed by atoms with Gasteiger partial charge in [0.2, 0.25) is 0 Å². The standard InChI is InChI=1S/C16H16ClN3O/c1-9-3-5-12(17)15(7-9)20-14-6-4-11(18)8-13(14)19-16(20)10(2)21/h3-8,10,21H,18H2,1-2H3. The number of benzene rings is 2. The van der Waals surface area contributed by atoms with E-state index < -0.39 is 6.10 Å². The van der Waals surface area contributed by atoms with Gasteiger partial charge < -0.3 is 10.8 Å². The third-order valence-corrected chi connectivity index (χ3v) is 3.74. The highest BCUT2D eigenvalue weighted by Crippen LogP contribution is 2.30. The highest BCUT2D eigenvalue weighted by Gasteiger charge is 2.18. The molecular weight excluding hydrogens is 286 g/mol. The molecule has 0 radical (unpaired) electrons. The SMILES string of the molecule is Cc1ccc(Cl)c(-n2c(C(C)O)nc3cc(N)ccc32)c1. The molecule has 0 bridgehead atoms. The van der Waals surface area contributed by atoms with Crippen LogP contribution in [0.4, 0.5) is 5.69 Å². The van der Waals surface area contributed by atoms with Crippen LogP contribution < -0.4 is 5.73 Å². The number of nitrogens with zero attached hydrogens (tertiary/aromatic N) is 2. The molecule has 0 saturated carbocycles. The lowest BCUT2D eigenvalue weighted by Crippen LogP contribution is -2.05. The molecule has 21 heavy (non-hydrogen) atoms. The van der Waals surface area contributed by atoms with Crippen LogP contribution in [-0.4, -0.2) is 14.7 Å². The number of aryl methyl sites for hydroxylation is 1. The van der Waals surface area contributed by atoms with Crippen molar-refractivity contribution in [3.63, 3.8) is 0 Å². The molecule has 0 spiro atoms. The Hall–Kier alpha value is -2.04. The molecule has 3 N–H and O–H groups in total. The predicted octanol–water partition coefficient (Wildman–Crippen LogP) is 3.62. The lowest BCUT2D eigenvalue weighted by molar-refractivity contribution is 0.187. The molecule has 4 nitrogen and oxygen atoms in total. The van der Waals surface area contributed by atoms with Crippen LogP contribution in [0.5, 0.6) is 0 Å². The molecule has 0 aliphatic carbocycles. The van der Waals surface area contributed by atoms with Gasteiger partial charge in [0.15, 0.2) is 0 Å². The van der Waals surface area contributed by atoms with E-state index in [1.165, 1.54) is 0 Å². The van der Waals surface area contributed by atoms with Gasteiger partial charge in [0, 0.05) is 5.69 Å². The molecule has 0 aliphatic rings. The summed E-state index contributed by atoms with van der Waals surface area (Å²) >= 11 is 6.34. The summed E-state index contributed by atoms with van der Waals surface area (Å²) in [5.41, 5.74) is 9.95. The summed E-state index contributed by atoms with van der Waals surface area (Å²) in [5, 5.41) is 10.6. The molecule has 1 aromatic heterocycles. The fourth-order valence-corrected chi connectivity index (χ4v) is 2.65. The molecule has 1 heterocycles. The summed E-state index contributed by atoms with van der Waals surface area (Å²) in [7, 11) is 0. The van der Waals surface area contributed by atoms with Crippen LogP contribution >= 0.6 is 11.6 Å². The lowest BCUT2D eigenvalue weighted by Gasteiger charge is -2.13. The van der Waals surface area contributed by atoms with Gasteiger partial charge in [-0.25, -0.2) is 4.98 Å². The molecular formula is C16H16ClN3O. The molecule has 0 amide bonds. The number of aliphatic hydroxyl groups is 1. The number of hydrogen-bond donors (Lipinski definition) is 2. The van der Waals surface area contributed by atoms with Gasteiger partial charge in [0.05, 0.1) is 21.7 Å². The average Bonchev–Trinajstić information content (AvgIpc) is 2.80. The minimum absolute atomic E-state index is 0.545. The van der Waals surface area contributed by atoms with E-state index in [2.05, 4.69) is 4.98 Å². The molecule has 0 saturated heterocycles. The fraction of sp³-hybridized carbons (Fsp3) is 0.188. The minimum atomic E-state index is -0.713. The van der Waals surface area contributed by atoms with E-state index in [1.807, 2.05) is 41.8 Å². The fourth-order valence-electron chi connectivity index (χ4n) is 2.44. The highest BCUT2D eigenvalue weighted by atomic mass is 35.5. The zero-order valence-electron chi connectivity index (χ0n) is 11.8. The van der Waals surface area contributed by atoms with E-state index in [0.29, 0.717) is 16.5 Å².